The second kappa shape index (κ2) is 6.42. The second-order valence-corrected chi connectivity index (χ2v) is 8.65. The Bertz CT molecular complexity index is 913. The first-order valence-electron chi connectivity index (χ1n) is 8.77. The van der Waals surface area contributed by atoms with Crippen molar-refractivity contribution in [2.24, 2.45) is 5.92 Å². The number of hydrogen-bond donors (Lipinski definition) is 1. The van der Waals surface area contributed by atoms with E-state index < -0.39 is 10.0 Å². The average Bonchev–Trinajstić information content (AvgIpc) is 3.39. The Morgan fingerprint density at radius 2 is 1.88 bits per heavy atom. The predicted octanol–water partition coefficient (Wildman–Crippen LogP) is 1.14. The van der Waals surface area contributed by atoms with Crippen LogP contribution in [0.4, 0.5) is 0 Å². The van der Waals surface area contributed by atoms with E-state index in [0.717, 1.165) is 5.82 Å². The van der Waals surface area contributed by atoms with E-state index in [0.29, 0.717) is 38.3 Å². The van der Waals surface area contributed by atoms with Crippen LogP contribution < -0.4 is 10.4 Å². The van der Waals surface area contributed by atoms with E-state index in [-0.39, 0.29) is 16.6 Å². The van der Waals surface area contributed by atoms with Gasteiger partial charge < -0.3 is 0 Å². The number of sulfonamides is 1. The first-order chi connectivity index (χ1) is 12.0. The van der Waals surface area contributed by atoms with Crippen molar-refractivity contribution in [1.29, 1.82) is 0 Å². The minimum Gasteiger partial charge on any atom is -0.279 e. The molecule has 134 valence electrons. The predicted molar refractivity (Wildman–Crippen MR) is 92.7 cm³/mol. The third-order valence-corrected chi connectivity index (χ3v) is 6.46. The summed E-state index contributed by atoms with van der Waals surface area (Å²) in [6, 6.07) is 8.18. The fraction of sp³-hybridized carbons (Fsp3) is 0.529. The van der Waals surface area contributed by atoms with Crippen molar-refractivity contribution in [3.8, 4) is 0 Å². The molecule has 1 fully saturated rings. The topological polar surface area (TPSA) is 86.0 Å². The van der Waals surface area contributed by atoms with Crippen molar-refractivity contribution >= 4 is 10.0 Å². The van der Waals surface area contributed by atoms with Gasteiger partial charge in [0.15, 0.2) is 0 Å². The lowest BCUT2D eigenvalue weighted by molar-refractivity contribution is 0.479. The summed E-state index contributed by atoms with van der Waals surface area (Å²) in [6.07, 6.45) is 4.20. The lowest BCUT2D eigenvalue weighted by atomic mass is 10.1. The molecule has 2 heterocycles. The summed E-state index contributed by atoms with van der Waals surface area (Å²) in [7, 11) is -3.54. The normalized spacial score (nSPS) is 20.9. The van der Waals surface area contributed by atoms with E-state index in [1.807, 2.05) is 0 Å². The summed E-state index contributed by atoms with van der Waals surface area (Å²) in [5.41, 5.74) is -0.0616. The largest absolute Gasteiger partial charge is 0.345 e. The first-order valence-corrected chi connectivity index (χ1v) is 10.2. The van der Waals surface area contributed by atoms with Crippen molar-refractivity contribution in [2.45, 2.75) is 56.1 Å². The standard InChI is InChI=1S/C17H22N4O3S/c22-17-20-11-10-14(19-25(23,24)15-4-2-1-3-5-15)8-9-16(20)18-21(17)12-13-6-7-13/h1-5,13-14,19H,6-12H2. The van der Waals surface area contributed by atoms with E-state index in [2.05, 4.69) is 9.82 Å². The number of benzene rings is 1. The molecule has 0 bridgehead atoms. The SMILES string of the molecule is O=c1n(CC2CC2)nc2n1CCC(NS(=O)(=O)c1ccccc1)CC2. The molecule has 1 unspecified atom stereocenters. The molecule has 1 saturated carbocycles. The van der Waals surface area contributed by atoms with Gasteiger partial charge in [0.2, 0.25) is 10.0 Å². The van der Waals surface area contributed by atoms with Gasteiger partial charge >= 0.3 is 5.69 Å². The summed E-state index contributed by atoms with van der Waals surface area (Å²) in [4.78, 5) is 12.7. The minimum absolute atomic E-state index is 0.0616. The molecule has 7 nitrogen and oxygen atoms in total. The van der Waals surface area contributed by atoms with E-state index in [1.54, 1.807) is 39.6 Å². The van der Waals surface area contributed by atoms with Crippen LogP contribution in [0, 0.1) is 5.92 Å². The maximum Gasteiger partial charge on any atom is 0.345 e. The molecule has 1 aromatic carbocycles. The molecule has 25 heavy (non-hydrogen) atoms. The molecule has 2 aromatic rings. The molecule has 1 N–H and O–H groups in total. The van der Waals surface area contributed by atoms with Crippen molar-refractivity contribution in [2.75, 3.05) is 0 Å². The molecule has 0 amide bonds. The van der Waals surface area contributed by atoms with Crippen molar-refractivity contribution in [3.63, 3.8) is 0 Å². The quantitative estimate of drug-likeness (QED) is 0.864. The Labute approximate surface area is 146 Å². The van der Waals surface area contributed by atoms with Crippen LogP contribution in [0.25, 0.3) is 0 Å². The van der Waals surface area contributed by atoms with Crippen molar-refractivity contribution in [1.82, 2.24) is 19.1 Å². The highest BCUT2D eigenvalue weighted by molar-refractivity contribution is 7.89. The smallest absolute Gasteiger partial charge is 0.279 e. The van der Waals surface area contributed by atoms with Crippen LogP contribution in [-0.4, -0.2) is 28.8 Å². The van der Waals surface area contributed by atoms with Crippen molar-refractivity contribution in [3.05, 3.63) is 46.6 Å². The Morgan fingerprint density at radius 3 is 2.60 bits per heavy atom. The van der Waals surface area contributed by atoms with Gasteiger partial charge in [-0.05, 0) is 43.7 Å². The number of nitrogens with zero attached hydrogens (tertiary/aromatic N) is 3. The zero-order valence-corrected chi connectivity index (χ0v) is 14.8. The van der Waals surface area contributed by atoms with Gasteiger partial charge in [0.25, 0.3) is 0 Å². The van der Waals surface area contributed by atoms with Gasteiger partial charge in [-0.2, -0.15) is 5.10 Å². The lowest BCUT2D eigenvalue weighted by Crippen LogP contribution is -2.35. The first kappa shape index (κ1) is 16.5. The fourth-order valence-corrected chi connectivity index (χ4v) is 4.62. The number of hydrogen-bond acceptors (Lipinski definition) is 4. The van der Waals surface area contributed by atoms with E-state index in [1.165, 1.54) is 12.8 Å². The number of nitrogens with one attached hydrogen (secondary N) is 1. The van der Waals surface area contributed by atoms with Gasteiger partial charge in [-0.25, -0.2) is 22.6 Å². The maximum atomic E-state index is 12.5. The van der Waals surface area contributed by atoms with Gasteiger partial charge in [-0.1, -0.05) is 18.2 Å². The van der Waals surface area contributed by atoms with Crippen LogP contribution >= 0.6 is 0 Å². The average molecular weight is 362 g/mol. The second-order valence-electron chi connectivity index (χ2n) is 6.93. The Balaban J connectivity index is 1.46. The number of fused-ring (bicyclic) bond motifs is 1. The fourth-order valence-electron chi connectivity index (χ4n) is 3.30. The maximum absolute atomic E-state index is 12.5. The summed E-state index contributed by atoms with van der Waals surface area (Å²) in [5.74, 6) is 1.37. The summed E-state index contributed by atoms with van der Waals surface area (Å²) >= 11 is 0. The van der Waals surface area contributed by atoms with Crippen LogP contribution in [-0.2, 0) is 29.5 Å². The zero-order chi connectivity index (χ0) is 17.4. The Hall–Kier alpha value is -1.93. The van der Waals surface area contributed by atoms with Crippen LogP contribution in [0.2, 0.25) is 0 Å². The molecule has 1 aliphatic carbocycles. The molecule has 0 radical (unpaired) electrons. The molecule has 1 atom stereocenters. The molecule has 0 spiro atoms. The summed E-state index contributed by atoms with van der Waals surface area (Å²) in [6.45, 7) is 1.21. The molecule has 1 aromatic heterocycles. The van der Waals surface area contributed by atoms with E-state index >= 15 is 0 Å². The number of aryl methyl sites for hydroxylation is 1. The third-order valence-electron chi connectivity index (χ3n) is 4.92. The van der Waals surface area contributed by atoms with Gasteiger partial charge in [-0.3, -0.25) is 4.57 Å². The summed E-state index contributed by atoms with van der Waals surface area (Å²) < 4.78 is 31.0. The Kier molecular flexibility index (Phi) is 4.24. The van der Waals surface area contributed by atoms with Crippen LogP contribution in [0.3, 0.4) is 0 Å². The van der Waals surface area contributed by atoms with Crippen LogP contribution in [0.15, 0.2) is 40.0 Å². The molecular weight excluding hydrogens is 340 g/mol. The molecular formula is C17H22N4O3S. The highest BCUT2D eigenvalue weighted by atomic mass is 32.2. The molecule has 4 rings (SSSR count). The Morgan fingerprint density at radius 1 is 1.12 bits per heavy atom. The number of rotatable bonds is 5. The van der Waals surface area contributed by atoms with Crippen LogP contribution in [0.5, 0.6) is 0 Å². The highest BCUT2D eigenvalue weighted by Gasteiger charge is 2.27. The van der Waals surface area contributed by atoms with Gasteiger partial charge in [-0.15, -0.1) is 0 Å². The molecule has 0 saturated heterocycles. The van der Waals surface area contributed by atoms with E-state index in [4.69, 9.17) is 0 Å². The molecule has 2 aliphatic rings. The van der Waals surface area contributed by atoms with Gasteiger partial charge in [0, 0.05) is 25.6 Å². The van der Waals surface area contributed by atoms with Gasteiger partial charge in [0.05, 0.1) is 4.90 Å². The third kappa shape index (κ3) is 3.55. The zero-order valence-electron chi connectivity index (χ0n) is 14.0. The van der Waals surface area contributed by atoms with Crippen molar-refractivity contribution < 1.29 is 8.42 Å². The molecule has 8 heteroatoms. The summed E-state index contributed by atoms with van der Waals surface area (Å²) in [5, 5.41) is 4.47. The van der Waals surface area contributed by atoms with Crippen LogP contribution in [0.1, 0.15) is 31.5 Å². The number of aromatic nitrogens is 3. The minimum atomic E-state index is -3.54. The highest BCUT2D eigenvalue weighted by Crippen LogP contribution is 2.30. The lowest BCUT2D eigenvalue weighted by Gasteiger charge is -2.16. The van der Waals surface area contributed by atoms with Gasteiger partial charge in [0.1, 0.15) is 5.82 Å². The van der Waals surface area contributed by atoms with E-state index in [9.17, 15) is 13.2 Å². The molecule has 1 aliphatic heterocycles. The monoisotopic (exact) mass is 362 g/mol.